The van der Waals surface area contributed by atoms with Gasteiger partial charge in [-0.25, -0.2) is 0 Å². The van der Waals surface area contributed by atoms with Gasteiger partial charge in [0.2, 0.25) is 5.91 Å². The maximum Gasteiger partial charge on any atom is 0.262 e. The number of hydrogen-bond acceptors (Lipinski definition) is 7. The zero-order chi connectivity index (χ0) is 24.1. The number of morpholine rings is 1. The summed E-state index contributed by atoms with van der Waals surface area (Å²) in [5, 5.41) is 6.10. The maximum absolute atomic E-state index is 12.6. The second kappa shape index (κ2) is 10.9. The summed E-state index contributed by atoms with van der Waals surface area (Å²) in [7, 11) is 0. The average molecular weight is 488 g/mol. The second-order valence-electron chi connectivity index (χ2n) is 9.46. The van der Waals surface area contributed by atoms with E-state index in [2.05, 4.69) is 39.3 Å². The highest BCUT2D eigenvalue weighted by atomic mass is 32.2. The molecule has 0 bridgehead atoms. The van der Waals surface area contributed by atoms with Gasteiger partial charge in [0.05, 0.1) is 13.2 Å². The summed E-state index contributed by atoms with van der Waals surface area (Å²) in [6.45, 7) is 9.73. The zero-order valence-corrected chi connectivity index (χ0v) is 20.7. The van der Waals surface area contributed by atoms with E-state index in [0.29, 0.717) is 31.0 Å². The van der Waals surface area contributed by atoms with Gasteiger partial charge in [0.25, 0.3) is 11.8 Å². The van der Waals surface area contributed by atoms with Crippen LogP contribution in [0.25, 0.3) is 0 Å². The van der Waals surface area contributed by atoms with Gasteiger partial charge in [-0.2, -0.15) is 4.99 Å². The van der Waals surface area contributed by atoms with Crippen LogP contribution in [-0.2, 0) is 14.3 Å². The number of benzene rings is 1. The number of amides is 3. The highest BCUT2D eigenvalue weighted by molar-refractivity contribution is 8.15. The van der Waals surface area contributed by atoms with E-state index in [1.807, 2.05) is 0 Å². The lowest BCUT2D eigenvalue weighted by Gasteiger charge is -2.40. The first-order valence-corrected chi connectivity index (χ1v) is 12.7. The monoisotopic (exact) mass is 487 g/mol. The third-order valence-electron chi connectivity index (χ3n) is 6.46. The SMILES string of the molecule is CC(C)(CNC(=O)c1ccc(NC(=O)C[C@H]2SC(N3CCCC3)=NC2=O)cc1)N1CCOCC1. The fraction of sp³-hybridized carbons (Fsp3) is 0.583. The molecule has 34 heavy (non-hydrogen) atoms. The van der Waals surface area contributed by atoms with Crippen molar-refractivity contribution in [2.24, 2.45) is 4.99 Å². The van der Waals surface area contributed by atoms with Crippen LogP contribution in [0.1, 0.15) is 43.5 Å². The molecule has 0 spiro atoms. The number of aliphatic imine (C=N–C) groups is 1. The number of rotatable bonds is 7. The van der Waals surface area contributed by atoms with Crippen molar-refractivity contribution in [3.8, 4) is 0 Å². The Labute approximate surface area is 204 Å². The number of nitrogens with zero attached hydrogens (tertiary/aromatic N) is 3. The number of likely N-dealkylation sites (tertiary alicyclic amines) is 1. The standard InChI is InChI=1S/C24H33N5O4S/c1-24(2,29-11-13-33-14-12-29)16-25-21(31)17-5-7-18(8-6-17)26-20(30)15-19-22(32)27-23(34-19)28-9-3-4-10-28/h5-8,19H,3-4,9-16H2,1-2H3,(H,25,31)(H,26,30)/t19-/m1/s1. The molecule has 0 aliphatic carbocycles. The number of anilines is 1. The van der Waals surface area contributed by atoms with Gasteiger partial charge in [-0.1, -0.05) is 11.8 Å². The number of carbonyl (C=O) groups excluding carboxylic acids is 3. The Bertz CT molecular complexity index is 937. The van der Waals surface area contributed by atoms with Crippen LogP contribution in [0, 0.1) is 0 Å². The molecule has 2 fully saturated rings. The summed E-state index contributed by atoms with van der Waals surface area (Å²) in [6.07, 6.45) is 2.29. The second-order valence-corrected chi connectivity index (χ2v) is 10.6. The molecule has 1 atom stereocenters. The minimum absolute atomic E-state index is 0.0726. The molecule has 3 aliphatic rings. The first kappa shape index (κ1) is 24.7. The van der Waals surface area contributed by atoms with Crippen LogP contribution in [0.15, 0.2) is 29.3 Å². The van der Waals surface area contributed by atoms with Crippen LogP contribution in [0.2, 0.25) is 0 Å². The van der Waals surface area contributed by atoms with Crippen LogP contribution < -0.4 is 10.6 Å². The zero-order valence-electron chi connectivity index (χ0n) is 19.8. The first-order valence-electron chi connectivity index (χ1n) is 11.9. The molecule has 0 aromatic heterocycles. The molecule has 0 radical (unpaired) electrons. The first-order chi connectivity index (χ1) is 16.3. The predicted molar refractivity (Wildman–Crippen MR) is 133 cm³/mol. The van der Waals surface area contributed by atoms with Crippen molar-refractivity contribution in [1.82, 2.24) is 15.1 Å². The van der Waals surface area contributed by atoms with E-state index in [-0.39, 0.29) is 29.7 Å². The van der Waals surface area contributed by atoms with Gasteiger partial charge in [-0.15, -0.1) is 0 Å². The molecule has 9 nitrogen and oxygen atoms in total. The molecule has 1 aromatic rings. The minimum Gasteiger partial charge on any atom is -0.379 e. The van der Waals surface area contributed by atoms with E-state index < -0.39 is 5.25 Å². The van der Waals surface area contributed by atoms with E-state index in [1.54, 1.807) is 24.3 Å². The lowest BCUT2D eigenvalue weighted by atomic mass is 10.0. The summed E-state index contributed by atoms with van der Waals surface area (Å²) >= 11 is 1.38. The summed E-state index contributed by atoms with van der Waals surface area (Å²) in [5.74, 6) is -0.638. The summed E-state index contributed by atoms with van der Waals surface area (Å²) < 4.78 is 5.41. The van der Waals surface area contributed by atoms with Gasteiger partial charge < -0.3 is 20.3 Å². The number of hydrogen-bond donors (Lipinski definition) is 2. The number of ether oxygens (including phenoxy) is 1. The fourth-order valence-corrected chi connectivity index (χ4v) is 5.43. The maximum atomic E-state index is 12.6. The van der Waals surface area contributed by atoms with Crippen molar-refractivity contribution in [1.29, 1.82) is 0 Å². The molecule has 2 saturated heterocycles. The Morgan fingerprint density at radius 3 is 2.47 bits per heavy atom. The van der Waals surface area contributed by atoms with Gasteiger partial charge in [0.15, 0.2) is 5.17 Å². The van der Waals surface area contributed by atoms with Gasteiger partial charge >= 0.3 is 0 Å². The van der Waals surface area contributed by atoms with Crippen molar-refractivity contribution in [2.45, 2.75) is 43.9 Å². The molecular weight excluding hydrogens is 454 g/mol. The van der Waals surface area contributed by atoms with E-state index in [1.165, 1.54) is 11.8 Å². The summed E-state index contributed by atoms with van der Waals surface area (Å²) in [5.41, 5.74) is 0.953. The minimum atomic E-state index is -0.476. The molecule has 1 aromatic carbocycles. The van der Waals surface area contributed by atoms with E-state index in [0.717, 1.165) is 44.2 Å². The molecule has 10 heteroatoms. The number of thioether (sulfide) groups is 1. The molecule has 184 valence electrons. The summed E-state index contributed by atoms with van der Waals surface area (Å²) in [4.78, 5) is 45.9. The highest BCUT2D eigenvalue weighted by Crippen LogP contribution is 2.29. The lowest BCUT2D eigenvalue weighted by Crippen LogP contribution is -2.55. The van der Waals surface area contributed by atoms with Crippen molar-refractivity contribution >= 4 is 40.3 Å². The largest absolute Gasteiger partial charge is 0.379 e. The topological polar surface area (TPSA) is 103 Å². The normalized spacial score (nSPS) is 21.5. The Kier molecular flexibility index (Phi) is 7.90. The quantitative estimate of drug-likeness (QED) is 0.606. The predicted octanol–water partition coefficient (Wildman–Crippen LogP) is 1.95. The molecule has 3 amide bonds. The van der Waals surface area contributed by atoms with E-state index >= 15 is 0 Å². The summed E-state index contributed by atoms with van der Waals surface area (Å²) in [6, 6.07) is 6.79. The molecule has 4 rings (SSSR count). The number of nitrogens with one attached hydrogen (secondary N) is 2. The van der Waals surface area contributed by atoms with Crippen LogP contribution >= 0.6 is 11.8 Å². The molecule has 0 saturated carbocycles. The Balaban J connectivity index is 1.23. The van der Waals surface area contributed by atoms with Crippen LogP contribution in [0.4, 0.5) is 5.69 Å². The van der Waals surface area contributed by atoms with Crippen LogP contribution in [-0.4, -0.2) is 89.4 Å². The van der Waals surface area contributed by atoms with Gasteiger partial charge in [0, 0.05) is 55.9 Å². The highest BCUT2D eigenvalue weighted by Gasteiger charge is 2.34. The van der Waals surface area contributed by atoms with E-state index in [4.69, 9.17) is 4.74 Å². The Hall–Kier alpha value is -2.43. The molecule has 3 aliphatic heterocycles. The third kappa shape index (κ3) is 6.17. The van der Waals surface area contributed by atoms with Gasteiger partial charge in [-0.05, 0) is 51.0 Å². The van der Waals surface area contributed by atoms with Crippen molar-refractivity contribution in [3.63, 3.8) is 0 Å². The Morgan fingerprint density at radius 1 is 1.12 bits per heavy atom. The smallest absolute Gasteiger partial charge is 0.262 e. The lowest BCUT2D eigenvalue weighted by molar-refractivity contribution is -0.121. The number of carbonyl (C=O) groups is 3. The molecule has 2 N–H and O–H groups in total. The van der Waals surface area contributed by atoms with Crippen LogP contribution in [0.3, 0.4) is 0 Å². The Morgan fingerprint density at radius 2 is 1.79 bits per heavy atom. The fourth-order valence-electron chi connectivity index (χ4n) is 4.32. The van der Waals surface area contributed by atoms with E-state index in [9.17, 15) is 14.4 Å². The van der Waals surface area contributed by atoms with Crippen molar-refractivity contribution < 1.29 is 19.1 Å². The van der Waals surface area contributed by atoms with Gasteiger partial charge in [-0.3, -0.25) is 19.3 Å². The molecular formula is C24H33N5O4S. The average Bonchev–Trinajstić information content (AvgIpc) is 3.49. The number of amidine groups is 1. The molecule has 0 unspecified atom stereocenters. The van der Waals surface area contributed by atoms with Gasteiger partial charge in [0.1, 0.15) is 5.25 Å². The van der Waals surface area contributed by atoms with Crippen molar-refractivity contribution in [3.05, 3.63) is 29.8 Å². The van der Waals surface area contributed by atoms with Crippen LogP contribution in [0.5, 0.6) is 0 Å². The third-order valence-corrected chi connectivity index (χ3v) is 7.67. The van der Waals surface area contributed by atoms with Crippen molar-refractivity contribution in [2.75, 3.05) is 51.3 Å². The molecule has 3 heterocycles.